The molecule has 1 aliphatic rings. The number of aromatic nitrogens is 2. The van der Waals surface area contributed by atoms with Gasteiger partial charge in [-0.05, 0) is 55.9 Å². The van der Waals surface area contributed by atoms with Gasteiger partial charge in [0.05, 0.1) is 16.8 Å². The largest absolute Gasteiger partial charge is 0.276 e. The predicted molar refractivity (Wildman–Crippen MR) is 81.8 cm³/mol. The molecule has 2 aromatic rings. The molecular weight excluding hydrogens is 286 g/mol. The van der Waals surface area contributed by atoms with Gasteiger partial charge in [-0.25, -0.2) is 8.42 Å². The molecule has 0 fully saturated rings. The van der Waals surface area contributed by atoms with E-state index in [0.29, 0.717) is 17.1 Å². The normalized spacial score (nSPS) is 14.7. The van der Waals surface area contributed by atoms with Gasteiger partial charge in [0.25, 0.3) is 10.0 Å². The van der Waals surface area contributed by atoms with Crippen LogP contribution in [0.15, 0.2) is 35.5 Å². The summed E-state index contributed by atoms with van der Waals surface area (Å²) in [5, 5.41) is 4.07. The van der Waals surface area contributed by atoms with Gasteiger partial charge < -0.3 is 0 Å². The van der Waals surface area contributed by atoms with Crippen LogP contribution < -0.4 is 4.72 Å². The lowest BCUT2D eigenvalue weighted by molar-refractivity contribution is 0.600. The smallest absolute Gasteiger partial charge is 0.262 e. The summed E-state index contributed by atoms with van der Waals surface area (Å²) in [7, 11) is -3.55. The monoisotopic (exact) mass is 305 g/mol. The Kier molecular flexibility index (Phi) is 3.71. The Bertz CT molecular complexity index is 750. The molecule has 1 aromatic carbocycles. The lowest BCUT2D eigenvalue weighted by Gasteiger charge is -2.16. The van der Waals surface area contributed by atoms with Crippen molar-refractivity contribution < 1.29 is 8.42 Å². The number of anilines is 1. The third kappa shape index (κ3) is 2.95. The maximum Gasteiger partial charge on any atom is 0.262 e. The van der Waals surface area contributed by atoms with E-state index in [0.717, 1.165) is 24.8 Å². The van der Waals surface area contributed by atoms with Gasteiger partial charge >= 0.3 is 0 Å². The van der Waals surface area contributed by atoms with E-state index in [9.17, 15) is 8.42 Å². The number of benzene rings is 1. The summed E-state index contributed by atoms with van der Waals surface area (Å²) in [4.78, 5) is 0.326. The van der Waals surface area contributed by atoms with Gasteiger partial charge in [0.15, 0.2) is 0 Å². The van der Waals surface area contributed by atoms with Crippen molar-refractivity contribution in [2.75, 3.05) is 4.72 Å². The minimum absolute atomic E-state index is 0.326. The first-order valence-corrected chi connectivity index (χ1v) is 8.74. The summed E-state index contributed by atoms with van der Waals surface area (Å²) in [6.45, 7) is 2.66. The second-order valence-corrected chi connectivity index (χ2v) is 7.01. The average Bonchev–Trinajstić information content (AvgIpc) is 2.93. The zero-order chi connectivity index (χ0) is 14.9. The number of hydrogen-bond acceptors (Lipinski definition) is 3. The minimum Gasteiger partial charge on any atom is -0.276 e. The maximum absolute atomic E-state index is 12.4. The lowest BCUT2D eigenvalue weighted by Crippen LogP contribution is -2.14. The highest BCUT2D eigenvalue weighted by atomic mass is 32.2. The maximum atomic E-state index is 12.4. The van der Waals surface area contributed by atoms with Crippen LogP contribution in [0.5, 0.6) is 0 Å². The number of nitrogens with zero attached hydrogens (tertiary/aromatic N) is 2. The molecule has 1 N–H and O–H groups in total. The minimum atomic E-state index is -3.55. The van der Waals surface area contributed by atoms with E-state index in [4.69, 9.17) is 0 Å². The molecule has 0 atom stereocenters. The van der Waals surface area contributed by atoms with Crippen LogP contribution in [0, 0.1) is 0 Å². The van der Waals surface area contributed by atoms with Gasteiger partial charge in [-0.1, -0.05) is 6.07 Å². The zero-order valence-corrected chi connectivity index (χ0v) is 12.9. The van der Waals surface area contributed by atoms with Gasteiger partial charge in [-0.2, -0.15) is 5.10 Å². The Hall–Kier alpha value is -1.82. The molecular formula is C15H19N3O2S. The molecule has 21 heavy (non-hydrogen) atoms. The Morgan fingerprint density at radius 3 is 2.71 bits per heavy atom. The van der Waals surface area contributed by atoms with Crippen molar-refractivity contribution in [1.82, 2.24) is 9.78 Å². The number of fused-ring (bicyclic) bond motifs is 1. The van der Waals surface area contributed by atoms with Gasteiger partial charge in [-0.15, -0.1) is 0 Å². The van der Waals surface area contributed by atoms with E-state index in [1.807, 2.05) is 13.0 Å². The van der Waals surface area contributed by atoms with Crippen LogP contribution in [0.3, 0.4) is 0 Å². The van der Waals surface area contributed by atoms with Gasteiger partial charge in [0.1, 0.15) is 0 Å². The molecule has 5 nitrogen and oxygen atoms in total. The molecule has 3 rings (SSSR count). The van der Waals surface area contributed by atoms with Crippen molar-refractivity contribution in [2.24, 2.45) is 0 Å². The molecule has 0 radical (unpaired) electrons. The number of sulfonamides is 1. The van der Waals surface area contributed by atoms with Gasteiger partial charge in [0, 0.05) is 12.7 Å². The first kappa shape index (κ1) is 14.1. The highest BCUT2D eigenvalue weighted by Crippen LogP contribution is 2.25. The number of rotatable bonds is 4. The van der Waals surface area contributed by atoms with E-state index in [2.05, 4.69) is 9.82 Å². The molecule has 0 aliphatic heterocycles. The molecule has 0 saturated carbocycles. The predicted octanol–water partition coefficient (Wildman–Crippen LogP) is 2.58. The van der Waals surface area contributed by atoms with E-state index in [1.54, 1.807) is 23.0 Å². The third-order valence-corrected chi connectivity index (χ3v) is 5.22. The van der Waals surface area contributed by atoms with Crippen LogP contribution in [0.4, 0.5) is 5.69 Å². The summed E-state index contributed by atoms with van der Waals surface area (Å²) >= 11 is 0. The molecule has 1 aliphatic carbocycles. The summed E-state index contributed by atoms with van der Waals surface area (Å²) in [6.07, 6.45) is 7.55. The molecule has 0 saturated heterocycles. The van der Waals surface area contributed by atoms with Crippen LogP contribution in [-0.4, -0.2) is 18.2 Å². The molecule has 0 spiro atoms. The zero-order valence-electron chi connectivity index (χ0n) is 12.0. The molecule has 1 aromatic heterocycles. The topological polar surface area (TPSA) is 64.0 Å². The van der Waals surface area contributed by atoms with E-state index < -0.39 is 10.0 Å². The first-order valence-electron chi connectivity index (χ1n) is 7.25. The van der Waals surface area contributed by atoms with Crippen molar-refractivity contribution in [3.8, 4) is 0 Å². The SMILES string of the molecule is CCn1cc(NS(=O)(=O)c2ccc3c(c2)CCCC3)cn1. The van der Waals surface area contributed by atoms with E-state index in [1.165, 1.54) is 18.2 Å². The third-order valence-electron chi connectivity index (χ3n) is 3.84. The first-order chi connectivity index (χ1) is 10.1. The second kappa shape index (κ2) is 5.52. The van der Waals surface area contributed by atoms with Crippen molar-refractivity contribution >= 4 is 15.7 Å². The van der Waals surface area contributed by atoms with Crippen molar-refractivity contribution in [2.45, 2.75) is 44.0 Å². The average molecular weight is 305 g/mol. The van der Waals surface area contributed by atoms with Crippen molar-refractivity contribution in [3.05, 3.63) is 41.7 Å². The molecule has 112 valence electrons. The van der Waals surface area contributed by atoms with Crippen LogP contribution in [0.2, 0.25) is 0 Å². The molecule has 6 heteroatoms. The molecule has 0 unspecified atom stereocenters. The number of hydrogen-bond donors (Lipinski definition) is 1. The number of aryl methyl sites for hydroxylation is 3. The van der Waals surface area contributed by atoms with Crippen LogP contribution in [0.25, 0.3) is 0 Å². The molecule has 1 heterocycles. The fraction of sp³-hybridized carbons (Fsp3) is 0.400. The molecule has 0 amide bonds. The quantitative estimate of drug-likeness (QED) is 0.944. The standard InChI is InChI=1S/C15H19N3O2S/c1-2-18-11-14(10-16-18)17-21(19,20)15-8-7-12-5-3-4-6-13(12)9-15/h7-11,17H,2-6H2,1H3. The van der Waals surface area contributed by atoms with E-state index >= 15 is 0 Å². The fourth-order valence-corrected chi connectivity index (χ4v) is 3.76. The van der Waals surface area contributed by atoms with Gasteiger partial charge in [0.2, 0.25) is 0 Å². The highest BCUT2D eigenvalue weighted by Gasteiger charge is 2.18. The van der Waals surface area contributed by atoms with Crippen molar-refractivity contribution in [3.63, 3.8) is 0 Å². The summed E-state index contributed by atoms with van der Waals surface area (Å²) < 4.78 is 29.1. The number of nitrogens with one attached hydrogen (secondary N) is 1. The van der Waals surface area contributed by atoms with Crippen molar-refractivity contribution in [1.29, 1.82) is 0 Å². The lowest BCUT2D eigenvalue weighted by atomic mass is 9.92. The Balaban J connectivity index is 1.87. The molecule has 0 bridgehead atoms. The summed E-state index contributed by atoms with van der Waals surface area (Å²) in [5.41, 5.74) is 2.93. The Labute approximate surface area is 125 Å². The van der Waals surface area contributed by atoms with Crippen LogP contribution in [0.1, 0.15) is 30.9 Å². The second-order valence-electron chi connectivity index (χ2n) is 5.33. The van der Waals surface area contributed by atoms with Gasteiger partial charge in [-0.3, -0.25) is 9.40 Å². The Morgan fingerprint density at radius 2 is 2.00 bits per heavy atom. The summed E-state index contributed by atoms with van der Waals surface area (Å²) in [6, 6.07) is 5.44. The summed E-state index contributed by atoms with van der Waals surface area (Å²) in [5.74, 6) is 0. The highest BCUT2D eigenvalue weighted by molar-refractivity contribution is 7.92. The van der Waals surface area contributed by atoms with E-state index in [-0.39, 0.29) is 0 Å². The van der Waals surface area contributed by atoms with Crippen LogP contribution >= 0.6 is 0 Å². The van der Waals surface area contributed by atoms with Crippen LogP contribution in [-0.2, 0) is 29.4 Å². The Morgan fingerprint density at radius 1 is 1.24 bits per heavy atom. The fourth-order valence-electron chi connectivity index (χ4n) is 2.68.